The molecule has 4 aromatic rings. The van der Waals surface area contributed by atoms with Crippen molar-refractivity contribution in [2.24, 2.45) is 0 Å². The molecule has 0 amide bonds. The summed E-state index contributed by atoms with van der Waals surface area (Å²) in [6.45, 7) is 2.13. The number of nitrogens with zero attached hydrogens (tertiary/aromatic N) is 4. The number of nitrogens with one attached hydrogen (secondary N) is 1. The van der Waals surface area contributed by atoms with Gasteiger partial charge in [0.1, 0.15) is 12.1 Å². The number of thiophene rings is 1. The van der Waals surface area contributed by atoms with Crippen molar-refractivity contribution in [2.75, 3.05) is 19.0 Å². The number of rotatable bonds is 6. The van der Waals surface area contributed by atoms with Crippen LogP contribution in [-0.4, -0.2) is 39.1 Å². The zero-order valence-electron chi connectivity index (χ0n) is 16.0. The van der Waals surface area contributed by atoms with Crippen LogP contribution < -0.4 is 5.32 Å². The van der Waals surface area contributed by atoms with Crippen LogP contribution in [-0.2, 0) is 4.74 Å². The standard InChI is InChI=1S/C21H19N5O2S/c1-3-28-20(27)15-8-6-14(7-9-15)18-17(16-5-4-12-29-16)19(22-2)25-21(24-18)26-11-10-23-13-26/h4-13H,3H2,1-2H3,(H,22,24,25). The fourth-order valence-electron chi connectivity index (χ4n) is 2.96. The summed E-state index contributed by atoms with van der Waals surface area (Å²) in [5, 5.41) is 5.21. The largest absolute Gasteiger partial charge is 0.462 e. The molecule has 0 bridgehead atoms. The van der Waals surface area contributed by atoms with Gasteiger partial charge in [-0.3, -0.25) is 4.57 Å². The SMILES string of the molecule is CCOC(=O)c1ccc(-c2nc(-n3ccnc3)nc(NC)c2-c2cccs2)cc1. The van der Waals surface area contributed by atoms with Crippen LogP contribution >= 0.6 is 11.3 Å². The van der Waals surface area contributed by atoms with Crippen molar-refractivity contribution in [3.8, 4) is 27.6 Å². The van der Waals surface area contributed by atoms with Crippen molar-refractivity contribution >= 4 is 23.1 Å². The number of carbonyl (C=O) groups excluding carboxylic acids is 1. The lowest BCUT2D eigenvalue weighted by molar-refractivity contribution is 0.0526. The highest BCUT2D eigenvalue weighted by Gasteiger charge is 2.19. The van der Waals surface area contributed by atoms with Gasteiger partial charge in [-0.1, -0.05) is 18.2 Å². The number of hydrogen-bond donors (Lipinski definition) is 1. The van der Waals surface area contributed by atoms with Crippen LogP contribution in [0.5, 0.6) is 0 Å². The number of benzene rings is 1. The van der Waals surface area contributed by atoms with Crippen molar-refractivity contribution in [1.82, 2.24) is 19.5 Å². The van der Waals surface area contributed by atoms with Crippen molar-refractivity contribution in [3.63, 3.8) is 0 Å². The summed E-state index contributed by atoms with van der Waals surface area (Å²) in [4.78, 5) is 26.6. The Labute approximate surface area is 172 Å². The second-order valence-corrected chi connectivity index (χ2v) is 7.04. The Bertz CT molecular complexity index is 1110. The van der Waals surface area contributed by atoms with Gasteiger partial charge in [0.05, 0.1) is 23.4 Å². The first kappa shape index (κ1) is 18.8. The fraction of sp³-hybridized carbons (Fsp3) is 0.143. The summed E-state index contributed by atoms with van der Waals surface area (Å²) in [6.07, 6.45) is 5.14. The first-order chi connectivity index (χ1) is 14.2. The van der Waals surface area contributed by atoms with Gasteiger partial charge in [0.2, 0.25) is 5.95 Å². The summed E-state index contributed by atoms with van der Waals surface area (Å²) in [7, 11) is 1.84. The molecule has 0 saturated heterocycles. The molecule has 146 valence electrons. The third-order valence-corrected chi connectivity index (χ3v) is 5.19. The molecule has 3 aromatic heterocycles. The number of aromatic nitrogens is 4. The van der Waals surface area contributed by atoms with E-state index in [4.69, 9.17) is 9.72 Å². The highest BCUT2D eigenvalue weighted by atomic mass is 32.1. The van der Waals surface area contributed by atoms with E-state index in [0.717, 1.165) is 27.5 Å². The van der Waals surface area contributed by atoms with Crippen LogP contribution in [0, 0.1) is 0 Å². The van der Waals surface area contributed by atoms with E-state index < -0.39 is 0 Å². The number of imidazole rings is 1. The van der Waals surface area contributed by atoms with E-state index in [9.17, 15) is 4.79 Å². The Morgan fingerprint density at radius 3 is 2.66 bits per heavy atom. The van der Waals surface area contributed by atoms with Crippen LogP contribution in [0.15, 0.2) is 60.5 Å². The Morgan fingerprint density at radius 2 is 2.03 bits per heavy atom. The molecule has 0 spiro atoms. The lowest BCUT2D eigenvalue weighted by Crippen LogP contribution is -2.07. The third-order valence-electron chi connectivity index (χ3n) is 4.31. The van der Waals surface area contributed by atoms with Gasteiger partial charge in [0.25, 0.3) is 0 Å². The van der Waals surface area contributed by atoms with Crippen LogP contribution in [0.2, 0.25) is 0 Å². The number of anilines is 1. The smallest absolute Gasteiger partial charge is 0.338 e. The molecule has 0 radical (unpaired) electrons. The Hall–Kier alpha value is -3.52. The fourth-order valence-corrected chi connectivity index (χ4v) is 3.74. The topological polar surface area (TPSA) is 81.9 Å². The first-order valence-electron chi connectivity index (χ1n) is 9.10. The molecule has 1 N–H and O–H groups in total. The van der Waals surface area contributed by atoms with Gasteiger partial charge >= 0.3 is 5.97 Å². The number of esters is 1. The average Bonchev–Trinajstić information content (AvgIpc) is 3.47. The van der Waals surface area contributed by atoms with Crippen LogP contribution in [0.3, 0.4) is 0 Å². The normalized spacial score (nSPS) is 10.7. The van der Waals surface area contributed by atoms with E-state index in [1.807, 2.05) is 36.7 Å². The summed E-state index contributed by atoms with van der Waals surface area (Å²) < 4.78 is 6.84. The molecule has 0 atom stereocenters. The summed E-state index contributed by atoms with van der Waals surface area (Å²) in [5.74, 6) is 0.891. The first-order valence-corrected chi connectivity index (χ1v) is 9.98. The van der Waals surface area contributed by atoms with E-state index >= 15 is 0 Å². The molecule has 7 nitrogen and oxygen atoms in total. The minimum Gasteiger partial charge on any atom is -0.462 e. The van der Waals surface area contributed by atoms with Gasteiger partial charge in [-0.05, 0) is 30.5 Å². The maximum absolute atomic E-state index is 12.0. The molecular weight excluding hydrogens is 386 g/mol. The van der Waals surface area contributed by atoms with Gasteiger partial charge in [-0.15, -0.1) is 11.3 Å². The van der Waals surface area contributed by atoms with Gasteiger partial charge in [-0.2, -0.15) is 4.98 Å². The zero-order valence-corrected chi connectivity index (χ0v) is 16.8. The Morgan fingerprint density at radius 1 is 1.21 bits per heavy atom. The molecule has 0 aliphatic rings. The second kappa shape index (κ2) is 8.24. The zero-order chi connectivity index (χ0) is 20.2. The van der Waals surface area contributed by atoms with Gasteiger partial charge in [-0.25, -0.2) is 14.8 Å². The monoisotopic (exact) mass is 405 g/mol. The molecule has 29 heavy (non-hydrogen) atoms. The predicted molar refractivity (Wildman–Crippen MR) is 113 cm³/mol. The molecule has 4 rings (SSSR count). The van der Waals surface area contributed by atoms with E-state index in [2.05, 4.69) is 15.3 Å². The Kier molecular flexibility index (Phi) is 5.35. The minimum atomic E-state index is -0.338. The molecule has 3 heterocycles. The van der Waals surface area contributed by atoms with Crippen LogP contribution in [0.1, 0.15) is 17.3 Å². The van der Waals surface area contributed by atoms with E-state index in [1.54, 1.807) is 53.7 Å². The van der Waals surface area contributed by atoms with Gasteiger partial charge in [0, 0.05) is 29.9 Å². The Balaban J connectivity index is 1.88. The highest BCUT2D eigenvalue weighted by molar-refractivity contribution is 7.13. The number of carbonyl (C=O) groups is 1. The number of hydrogen-bond acceptors (Lipinski definition) is 7. The van der Waals surface area contributed by atoms with Crippen molar-refractivity contribution in [1.29, 1.82) is 0 Å². The molecule has 0 fully saturated rings. The molecule has 0 unspecified atom stereocenters. The van der Waals surface area contributed by atoms with Gasteiger partial charge in [0.15, 0.2) is 0 Å². The van der Waals surface area contributed by atoms with Gasteiger partial charge < -0.3 is 10.1 Å². The summed E-state index contributed by atoms with van der Waals surface area (Å²) in [5.41, 5.74) is 3.06. The highest BCUT2D eigenvalue weighted by Crippen LogP contribution is 2.38. The van der Waals surface area contributed by atoms with E-state index in [-0.39, 0.29) is 5.97 Å². The molecule has 1 aromatic carbocycles. The second-order valence-electron chi connectivity index (χ2n) is 6.09. The number of ether oxygens (including phenoxy) is 1. The van der Waals surface area contributed by atoms with Crippen LogP contribution in [0.25, 0.3) is 27.6 Å². The lowest BCUT2D eigenvalue weighted by Gasteiger charge is -2.15. The maximum atomic E-state index is 12.0. The molecule has 8 heteroatoms. The van der Waals surface area contributed by atoms with Crippen LogP contribution in [0.4, 0.5) is 5.82 Å². The lowest BCUT2D eigenvalue weighted by atomic mass is 10.0. The molecular formula is C21H19N5O2S. The average molecular weight is 405 g/mol. The minimum absolute atomic E-state index is 0.338. The molecule has 0 aliphatic carbocycles. The quantitative estimate of drug-likeness (QED) is 0.482. The van der Waals surface area contributed by atoms with Crippen molar-refractivity contribution in [2.45, 2.75) is 6.92 Å². The van der Waals surface area contributed by atoms with Crippen molar-refractivity contribution in [3.05, 3.63) is 66.1 Å². The van der Waals surface area contributed by atoms with E-state index in [0.29, 0.717) is 18.1 Å². The summed E-state index contributed by atoms with van der Waals surface area (Å²) >= 11 is 1.62. The molecule has 0 aliphatic heterocycles. The van der Waals surface area contributed by atoms with Crippen molar-refractivity contribution < 1.29 is 9.53 Å². The van der Waals surface area contributed by atoms with E-state index in [1.165, 1.54) is 0 Å². The summed E-state index contributed by atoms with van der Waals surface area (Å²) in [6, 6.07) is 11.3. The predicted octanol–water partition coefficient (Wildman–Crippen LogP) is 4.28. The third kappa shape index (κ3) is 3.74. The maximum Gasteiger partial charge on any atom is 0.338 e. The molecule has 0 saturated carbocycles.